The molecular formula is C31H32N2O11. The maximum Gasteiger partial charge on any atom is 0.338 e. The van der Waals surface area contributed by atoms with Gasteiger partial charge in [0.05, 0.1) is 77.4 Å². The molecule has 2 aromatic heterocycles. The van der Waals surface area contributed by atoms with E-state index in [4.69, 9.17) is 33.2 Å². The first kappa shape index (κ1) is 30.9. The maximum absolute atomic E-state index is 12.5. The molecule has 2 saturated heterocycles. The number of rotatable bonds is 8. The number of fused-ring (bicyclic) bond motifs is 2. The predicted molar refractivity (Wildman–Crippen MR) is 158 cm³/mol. The summed E-state index contributed by atoms with van der Waals surface area (Å²) in [5.74, 6) is 0.644. The van der Waals surface area contributed by atoms with E-state index in [-0.39, 0.29) is 29.8 Å². The Morgan fingerprint density at radius 1 is 0.750 bits per heavy atom. The van der Waals surface area contributed by atoms with Crippen LogP contribution in [0.2, 0.25) is 0 Å². The number of pyridine rings is 2. The summed E-state index contributed by atoms with van der Waals surface area (Å²) in [4.78, 5) is 47.8. The van der Waals surface area contributed by atoms with Crippen molar-refractivity contribution in [3.8, 4) is 11.5 Å². The molecule has 0 N–H and O–H groups in total. The number of aldehydes is 1. The molecule has 13 heteroatoms. The minimum Gasteiger partial charge on any atom is -0.497 e. The molecule has 232 valence electrons. The second-order valence-corrected chi connectivity index (χ2v) is 9.77. The van der Waals surface area contributed by atoms with Crippen molar-refractivity contribution < 1.29 is 42.7 Å². The zero-order chi connectivity index (χ0) is 31.2. The van der Waals surface area contributed by atoms with E-state index in [1.165, 1.54) is 30.9 Å². The van der Waals surface area contributed by atoms with Crippen LogP contribution < -0.4 is 20.6 Å². The van der Waals surface area contributed by atoms with Crippen molar-refractivity contribution in [2.45, 2.75) is 25.7 Å². The molecule has 0 atom stereocenters. The molecule has 6 rings (SSSR count). The van der Waals surface area contributed by atoms with Crippen LogP contribution in [0.1, 0.15) is 20.7 Å². The first-order valence-corrected chi connectivity index (χ1v) is 13.8. The number of carbonyl (C=O) groups excluding carboxylic acids is 2. The molecule has 2 fully saturated rings. The van der Waals surface area contributed by atoms with Crippen molar-refractivity contribution in [2.24, 2.45) is 0 Å². The molecule has 0 saturated carbocycles. The van der Waals surface area contributed by atoms with Gasteiger partial charge in [-0.15, -0.1) is 0 Å². The monoisotopic (exact) mass is 608 g/mol. The molecular weight excluding hydrogens is 576 g/mol. The molecule has 0 spiro atoms. The van der Waals surface area contributed by atoms with Crippen LogP contribution in [0.25, 0.3) is 21.8 Å². The standard InChI is InChI=1S/C16H17NO6.C15H15NO5/c1-20-10-3-4-11-12(16(19)21-2)8-14(18)17(13(11)7-10)9-15-22-5-6-23-15;1-19-11-2-3-12-10(9-17)6-14(18)16(13(12)7-11)8-15-20-4-5-21-15/h3-4,7-8,15H,5-6,9H2,1-2H3;2-3,6-7,9,15H,4-5,8H2,1H3. The summed E-state index contributed by atoms with van der Waals surface area (Å²) >= 11 is 0. The highest BCUT2D eigenvalue weighted by atomic mass is 16.7. The molecule has 0 unspecified atom stereocenters. The van der Waals surface area contributed by atoms with Gasteiger partial charge in [0.1, 0.15) is 11.5 Å². The van der Waals surface area contributed by atoms with Gasteiger partial charge in [-0.3, -0.25) is 14.4 Å². The lowest BCUT2D eigenvalue weighted by Gasteiger charge is -2.16. The first-order valence-electron chi connectivity index (χ1n) is 13.8. The lowest BCUT2D eigenvalue weighted by molar-refractivity contribution is -0.0525. The van der Waals surface area contributed by atoms with Gasteiger partial charge < -0.3 is 42.3 Å². The minimum absolute atomic E-state index is 0.222. The van der Waals surface area contributed by atoms with E-state index in [9.17, 15) is 19.2 Å². The third kappa shape index (κ3) is 6.50. The number of methoxy groups -OCH3 is 3. The molecule has 4 aromatic rings. The molecule has 0 bridgehead atoms. The quantitative estimate of drug-likeness (QED) is 0.215. The van der Waals surface area contributed by atoms with E-state index in [1.54, 1.807) is 48.1 Å². The van der Waals surface area contributed by atoms with Gasteiger partial charge in [-0.2, -0.15) is 0 Å². The zero-order valence-corrected chi connectivity index (χ0v) is 24.5. The van der Waals surface area contributed by atoms with Gasteiger partial charge in [0, 0.05) is 40.6 Å². The van der Waals surface area contributed by atoms with Gasteiger partial charge in [-0.1, -0.05) is 0 Å². The highest BCUT2D eigenvalue weighted by molar-refractivity contribution is 6.03. The van der Waals surface area contributed by atoms with Crippen LogP contribution >= 0.6 is 0 Å². The van der Waals surface area contributed by atoms with Gasteiger partial charge in [0.15, 0.2) is 18.9 Å². The number of nitrogens with zero attached hydrogens (tertiary/aromatic N) is 2. The van der Waals surface area contributed by atoms with Crippen molar-refractivity contribution >= 4 is 34.1 Å². The molecule has 4 heterocycles. The van der Waals surface area contributed by atoms with E-state index in [0.717, 1.165) is 0 Å². The Balaban J connectivity index is 0.000000175. The Hall–Kier alpha value is -4.56. The molecule has 2 aliphatic rings. The first-order chi connectivity index (χ1) is 21.4. The second kappa shape index (κ2) is 13.8. The number of ether oxygens (including phenoxy) is 7. The predicted octanol–water partition coefficient (Wildman–Crippen LogP) is 2.37. The third-order valence-corrected chi connectivity index (χ3v) is 7.25. The van der Waals surface area contributed by atoms with Crippen molar-refractivity contribution in [1.82, 2.24) is 9.13 Å². The van der Waals surface area contributed by atoms with Crippen molar-refractivity contribution in [2.75, 3.05) is 47.8 Å². The number of hydrogen-bond donors (Lipinski definition) is 0. The highest BCUT2D eigenvalue weighted by Gasteiger charge is 2.22. The van der Waals surface area contributed by atoms with E-state index in [2.05, 4.69) is 0 Å². The molecule has 13 nitrogen and oxygen atoms in total. The molecule has 2 aliphatic heterocycles. The molecule has 0 radical (unpaired) electrons. The summed E-state index contributed by atoms with van der Waals surface area (Å²) in [6.45, 7) is 2.56. The summed E-state index contributed by atoms with van der Waals surface area (Å²) in [5, 5.41) is 1.30. The van der Waals surface area contributed by atoms with E-state index in [0.29, 0.717) is 71.6 Å². The van der Waals surface area contributed by atoms with Crippen LogP contribution in [-0.4, -0.2) is 81.7 Å². The van der Waals surface area contributed by atoms with Crippen LogP contribution in [0.3, 0.4) is 0 Å². The Kier molecular flexibility index (Phi) is 9.70. The third-order valence-electron chi connectivity index (χ3n) is 7.25. The lowest BCUT2D eigenvalue weighted by atomic mass is 10.1. The SMILES string of the molecule is COC(=O)c1cc(=O)n(CC2OCCO2)c2cc(OC)ccc12.COc1ccc2c(C=O)cc(=O)n(CC3OCCO3)c2c1. The van der Waals surface area contributed by atoms with Crippen LogP contribution in [0, 0.1) is 0 Å². The normalized spacial score (nSPS) is 15.2. The average molecular weight is 609 g/mol. The second-order valence-electron chi connectivity index (χ2n) is 9.77. The highest BCUT2D eigenvalue weighted by Crippen LogP contribution is 2.25. The topological polar surface area (TPSA) is 143 Å². The Morgan fingerprint density at radius 3 is 1.70 bits per heavy atom. The molecule has 0 amide bonds. The summed E-state index contributed by atoms with van der Waals surface area (Å²) in [7, 11) is 4.37. The Morgan fingerprint density at radius 2 is 1.23 bits per heavy atom. The number of hydrogen-bond acceptors (Lipinski definition) is 11. The van der Waals surface area contributed by atoms with Gasteiger partial charge in [-0.05, 0) is 24.3 Å². The number of aromatic nitrogens is 2. The van der Waals surface area contributed by atoms with Gasteiger partial charge >= 0.3 is 5.97 Å². The van der Waals surface area contributed by atoms with E-state index >= 15 is 0 Å². The summed E-state index contributed by atoms with van der Waals surface area (Å²) in [5.41, 5.74) is 1.18. The van der Waals surface area contributed by atoms with Gasteiger partial charge in [0.25, 0.3) is 11.1 Å². The number of benzene rings is 2. The van der Waals surface area contributed by atoms with Crippen LogP contribution in [0.15, 0.2) is 58.1 Å². The maximum atomic E-state index is 12.5. The van der Waals surface area contributed by atoms with Crippen LogP contribution in [0.4, 0.5) is 0 Å². The van der Waals surface area contributed by atoms with E-state index in [1.807, 2.05) is 0 Å². The lowest BCUT2D eigenvalue weighted by Crippen LogP contribution is -2.28. The number of esters is 1. The van der Waals surface area contributed by atoms with Crippen molar-refractivity contribution in [3.05, 3.63) is 80.4 Å². The largest absolute Gasteiger partial charge is 0.497 e. The molecule has 0 aliphatic carbocycles. The van der Waals surface area contributed by atoms with Crippen molar-refractivity contribution in [1.29, 1.82) is 0 Å². The van der Waals surface area contributed by atoms with Gasteiger partial charge in [0.2, 0.25) is 0 Å². The fourth-order valence-corrected chi connectivity index (χ4v) is 5.08. The number of carbonyl (C=O) groups is 2. The fraction of sp³-hybridized carbons (Fsp3) is 0.355. The summed E-state index contributed by atoms with van der Waals surface area (Å²) < 4.78 is 39.8. The van der Waals surface area contributed by atoms with Crippen LogP contribution in [-0.2, 0) is 36.8 Å². The Bertz CT molecular complexity index is 1780. The smallest absolute Gasteiger partial charge is 0.338 e. The summed E-state index contributed by atoms with van der Waals surface area (Å²) in [6.07, 6.45) is -0.242. The Labute approximate surface area is 251 Å². The zero-order valence-electron chi connectivity index (χ0n) is 24.5. The average Bonchev–Trinajstić information content (AvgIpc) is 3.77. The fourth-order valence-electron chi connectivity index (χ4n) is 5.08. The van der Waals surface area contributed by atoms with Crippen LogP contribution in [0.5, 0.6) is 11.5 Å². The minimum atomic E-state index is -0.558. The summed E-state index contributed by atoms with van der Waals surface area (Å²) in [6, 6.07) is 13.0. The molecule has 2 aromatic carbocycles. The van der Waals surface area contributed by atoms with Crippen molar-refractivity contribution in [3.63, 3.8) is 0 Å². The molecule has 44 heavy (non-hydrogen) atoms. The van der Waals surface area contributed by atoms with Gasteiger partial charge in [-0.25, -0.2) is 4.79 Å². The van der Waals surface area contributed by atoms with E-state index < -0.39 is 18.5 Å².